The summed E-state index contributed by atoms with van der Waals surface area (Å²) < 4.78 is 82.0. The van der Waals surface area contributed by atoms with Gasteiger partial charge in [0.05, 0.1) is 11.5 Å². The zero-order valence-corrected chi connectivity index (χ0v) is 13.8. The van der Waals surface area contributed by atoms with Gasteiger partial charge in [-0.25, -0.2) is 13.2 Å². The molecule has 2 nitrogen and oxygen atoms in total. The molecule has 0 radical (unpaired) electrons. The summed E-state index contributed by atoms with van der Waals surface area (Å²) in [5, 5.41) is -1.35. The Balaban J connectivity index is 2.07. The Hall–Kier alpha value is -1.70. The van der Waals surface area contributed by atoms with E-state index < -0.39 is 64.1 Å². The summed E-state index contributed by atoms with van der Waals surface area (Å²) in [6, 6.07) is 0.865. The molecule has 0 amide bonds. The van der Waals surface area contributed by atoms with Gasteiger partial charge in [0.15, 0.2) is 0 Å². The summed E-state index contributed by atoms with van der Waals surface area (Å²) in [6.07, 6.45) is -4.00. The van der Waals surface area contributed by atoms with Crippen LogP contribution in [-0.4, -0.2) is 12.1 Å². The average Bonchev–Trinajstić information content (AvgIpc) is 2.97. The highest BCUT2D eigenvalue weighted by Gasteiger charge is 2.62. The number of esters is 1. The third kappa shape index (κ3) is 4.11. The van der Waals surface area contributed by atoms with E-state index in [1.807, 2.05) is 0 Å². The predicted octanol–water partition coefficient (Wildman–Crippen LogP) is 5.10. The molecule has 1 aromatic carbocycles. The molecule has 0 N–H and O–H groups in total. The quantitative estimate of drug-likeness (QED) is 0.531. The summed E-state index contributed by atoms with van der Waals surface area (Å²) in [5.41, 5.74) is -1.49. The molecule has 0 bridgehead atoms. The highest BCUT2D eigenvalue weighted by molar-refractivity contribution is 6.30. The van der Waals surface area contributed by atoms with Gasteiger partial charge in [-0.1, -0.05) is 31.5 Å². The number of hydrogen-bond donors (Lipinski definition) is 0. The molecule has 1 fully saturated rings. The van der Waals surface area contributed by atoms with Gasteiger partial charge >= 0.3 is 12.1 Å². The lowest BCUT2D eigenvalue weighted by atomic mass is 10.1. The van der Waals surface area contributed by atoms with Crippen LogP contribution in [0, 0.1) is 34.7 Å². The number of halogens is 7. The molecule has 0 saturated heterocycles. The molecule has 0 aromatic heterocycles. The summed E-state index contributed by atoms with van der Waals surface area (Å²) in [7, 11) is 0. The van der Waals surface area contributed by atoms with Crippen molar-refractivity contribution >= 4 is 17.6 Å². The highest BCUT2D eigenvalue weighted by atomic mass is 35.5. The van der Waals surface area contributed by atoms with Gasteiger partial charge in [-0.05, 0) is 11.3 Å². The third-order valence-corrected chi connectivity index (χ3v) is 4.57. The van der Waals surface area contributed by atoms with Crippen molar-refractivity contribution in [3.8, 4) is 0 Å². The van der Waals surface area contributed by atoms with Crippen LogP contribution in [0.5, 0.6) is 0 Å². The molecule has 0 heterocycles. The normalized spacial score (nSPS) is 22.7. The molecule has 25 heavy (non-hydrogen) atoms. The monoisotopic (exact) mass is 386 g/mol. The van der Waals surface area contributed by atoms with Crippen LogP contribution in [0.25, 0.3) is 0 Å². The SMILES string of the molecule is CC1(C)[C@H](C(=O)OCc2c(F)cc(F)cc2F)[C@@H]1C=C(Cl)C(F)(F)F. The molecule has 1 aliphatic rings. The van der Waals surface area contributed by atoms with E-state index in [9.17, 15) is 31.1 Å². The van der Waals surface area contributed by atoms with Crippen LogP contribution >= 0.6 is 11.6 Å². The fraction of sp³-hybridized carbons (Fsp3) is 0.438. The van der Waals surface area contributed by atoms with E-state index in [4.69, 9.17) is 16.3 Å². The number of ether oxygens (including phenoxy) is 1. The van der Waals surface area contributed by atoms with E-state index in [0.29, 0.717) is 12.1 Å². The first kappa shape index (κ1) is 19.6. The van der Waals surface area contributed by atoms with Gasteiger partial charge in [-0.3, -0.25) is 4.79 Å². The highest BCUT2D eigenvalue weighted by Crippen LogP contribution is 2.60. The first-order valence-electron chi connectivity index (χ1n) is 7.10. The van der Waals surface area contributed by atoms with Gasteiger partial charge in [0.25, 0.3) is 0 Å². The fourth-order valence-electron chi connectivity index (χ4n) is 2.63. The molecular weight excluding hydrogens is 374 g/mol. The van der Waals surface area contributed by atoms with Crippen molar-refractivity contribution in [1.29, 1.82) is 0 Å². The largest absolute Gasteiger partial charge is 0.460 e. The first-order valence-corrected chi connectivity index (χ1v) is 7.48. The number of hydrogen-bond acceptors (Lipinski definition) is 2. The van der Waals surface area contributed by atoms with E-state index in [2.05, 4.69) is 0 Å². The number of carbonyl (C=O) groups is 1. The number of allylic oxidation sites excluding steroid dienone is 2. The molecule has 9 heteroatoms. The molecule has 0 unspecified atom stereocenters. The second-order valence-corrected chi connectivity index (χ2v) is 6.70. The molecule has 1 aromatic rings. The van der Waals surface area contributed by atoms with Crippen LogP contribution in [0.2, 0.25) is 0 Å². The Bertz CT molecular complexity index is 703. The van der Waals surface area contributed by atoms with Crippen LogP contribution in [0.15, 0.2) is 23.2 Å². The van der Waals surface area contributed by atoms with Crippen molar-refractivity contribution in [2.24, 2.45) is 17.3 Å². The van der Waals surface area contributed by atoms with Crippen molar-refractivity contribution in [3.63, 3.8) is 0 Å². The van der Waals surface area contributed by atoms with Crippen LogP contribution < -0.4 is 0 Å². The van der Waals surface area contributed by atoms with Gasteiger partial charge in [-0.2, -0.15) is 13.2 Å². The number of benzene rings is 1. The Morgan fingerprint density at radius 2 is 1.76 bits per heavy atom. The van der Waals surface area contributed by atoms with Gasteiger partial charge in [0.1, 0.15) is 29.1 Å². The maximum absolute atomic E-state index is 13.5. The maximum atomic E-state index is 13.5. The molecule has 0 spiro atoms. The number of rotatable bonds is 4. The Labute approximate surface area is 144 Å². The second-order valence-electron chi connectivity index (χ2n) is 6.29. The minimum atomic E-state index is -4.73. The van der Waals surface area contributed by atoms with Crippen molar-refractivity contribution in [2.45, 2.75) is 26.6 Å². The van der Waals surface area contributed by atoms with Crippen LogP contribution in [-0.2, 0) is 16.1 Å². The summed E-state index contributed by atoms with van der Waals surface area (Å²) in [6.45, 7) is 2.28. The maximum Gasteiger partial charge on any atom is 0.426 e. The van der Waals surface area contributed by atoms with E-state index in [-0.39, 0.29) is 0 Å². The first-order chi connectivity index (χ1) is 11.4. The summed E-state index contributed by atoms with van der Waals surface area (Å²) >= 11 is 5.17. The van der Waals surface area contributed by atoms with Crippen LogP contribution in [0.1, 0.15) is 19.4 Å². The summed E-state index contributed by atoms with van der Waals surface area (Å²) in [5.74, 6) is -6.25. The van der Waals surface area contributed by atoms with Gasteiger partial charge in [-0.15, -0.1) is 0 Å². The topological polar surface area (TPSA) is 26.3 Å². The molecule has 2 rings (SSSR count). The van der Waals surface area contributed by atoms with Crippen LogP contribution in [0.4, 0.5) is 26.3 Å². The zero-order chi connectivity index (χ0) is 19.2. The fourth-order valence-corrected chi connectivity index (χ4v) is 2.77. The minimum absolute atomic E-state index is 0.432. The zero-order valence-electron chi connectivity index (χ0n) is 13.1. The van der Waals surface area contributed by atoms with Gasteiger partial charge in [0, 0.05) is 12.1 Å². The van der Waals surface area contributed by atoms with Gasteiger partial charge in [0.2, 0.25) is 0 Å². The van der Waals surface area contributed by atoms with Crippen molar-refractivity contribution in [1.82, 2.24) is 0 Å². The smallest absolute Gasteiger partial charge is 0.426 e. The van der Waals surface area contributed by atoms with Crippen molar-refractivity contribution in [2.75, 3.05) is 0 Å². The van der Waals surface area contributed by atoms with E-state index in [1.165, 1.54) is 0 Å². The van der Waals surface area contributed by atoms with Crippen molar-refractivity contribution < 1.29 is 35.9 Å². The van der Waals surface area contributed by atoms with E-state index >= 15 is 0 Å². The predicted molar refractivity (Wildman–Crippen MR) is 76.9 cm³/mol. The Morgan fingerprint density at radius 3 is 2.24 bits per heavy atom. The second kappa shape index (κ2) is 6.55. The van der Waals surface area contributed by atoms with Crippen LogP contribution in [0.3, 0.4) is 0 Å². The molecular formula is C16H13ClF6O2. The molecule has 0 aliphatic heterocycles. The lowest BCUT2D eigenvalue weighted by molar-refractivity contribution is -0.147. The average molecular weight is 387 g/mol. The third-order valence-electron chi connectivity index (χ3n) is 4.23. The molecule has 1 saturated carbocycles. The molecule has 138 valence electrons. The lowest BCUT2D eigenvalue weighted by Gasteiger charge is -2.08. The number of alkyl halides is 3. The van der Waals surface area contributed by atoms with E-state index in [0.717, 1.165) is 6.08 Å². The van der Waals surface area contributed by atoms with Gasteiger partial charge < -0.3 is 4.74 Å². The van der Waals surface area contributed by atoms with Crippen molar-refractivity contribution in [3.05, 3.63) is 46.3 Å². The Kier molecular flexibility index (Phi) is 5.14. The standard InChI is InChI=1S/C16H13ClF6O2/c1-15(2)9(5-12(17)16(21,22)23)13(15)14(24)25-6-8-10(19)3-7(18)4-11(8)20/h3-5,9,13H,6H2,1-2H3/t9-,13-/m0/s1. The van der Waals surface area contributed by atoms with E-state index in [1.54, 1.807) is 13.8 Å². The minimum Gasteiger partial charge on any atom is -0.460 e. The summed E-state index contributed by atoms with van der Waals surface area (Å²) in [4.78, 5) is 12.0. The number of carbonyl (C=O) groups excluding carboxylic acids is 1. The Morgan fingerprint density at radius 1 is 1.24 bits per heavy atom. The lowest BCUT2D eigenvalue weighted by Crippen LogP contribution is -2.12. The molecule has 2 atom stereocenters. The molecule has 1 aliphatic carbocycles.